The van der Waals surface area contributed by atoms with Crippen molar-refractivity contribution in [1.29, 1.82) is 0 Å². The number of imide groups is 1. The monoisotopic (exact) mass is 491 g/mol. The highest BCUT2D eigenvalue weighted by Crippen LogP contribution is 2.36. The van der Waals surface area contributed by atoms with Gasteiger partial charge in [0.25, 0.3) is 5.84 Å². The van der Waals surface area contributed by atoms with E-state index in [0.29, 0.717) is 11.5 Å². The molecular weight excluding hydrogens is 468 g/mol. The quantitative estimate of drug-likeness (QED) is 0.586. The number of rotatable bonds is 7. The number of hydrogen-bond acceptors (Lipinski definition) is 5. The van der Waals surface area contributed by atoms with Crippen LogP contribution >= 0.6 is 27.7 Å². The molecule has 0 radical (unpaired) electrons. The summed E-state index contributed by atoms with van der Waals surface area (Å²) in [6, 6.07) is 6.94. The molecule has 0 bridgehead atoms. The van der Waals surface area contributed by atoms with Gasteiger partial charge < -0.3 is 5.32 Å². The number of aliphatic imine (C=N–C) groups is 1. The fraction of sp³-hybridized carbons (Fsp3) is 0.381. The first-order valence-electron chi connectivity index (χ1n) is 9.71. The zero-order chi connectivity index (χ0) is 21.8. The van der Waals surface area contributed by atoms with Gasteiger partial charge in [0.15, 0.2) is 5.92 Å². The molecule has 0 fully saturated rings. The van der Waals surface area contributed by atoms with Crippen LogP contribution in [-0.4, -0.2) is 59.2 Å². The zero-order valence-electron chi connectivity index (χ0n) is 17.1. The number of hydrogen-bond donors (Lipinski definition) is 1. The van der Waals surface area contributed by atoms with Gasteiger partial charge in [0.2, 0.25) is 5.91 Å². The Hall–Kier alpha value is -2.26. The van der Waals surface area contributed by atoms with Gasteiger partial charge in [-0.2, -0.15) is 9.48 Å². The predicted molar refractivity (Wildman–Crippen MR) is 123 cm³/mol. The standard InChI is InChI=1S/C21H23BrN4O3S/c1-4-5-6-13-11-23-19-17(20(28)26(3)21(29)25(19)2)18(13)30-12-16(27)24-15-9-7-14(22)8-10-15/h7-11,17H,4-6,12H2,1-3H3/p+1. The lowest BCUT2D eigenvalue weighted by Crippen LogP contribution is -2.52. The average Bonchev–Trinajstić information content (AvgIpc) is 2.74. The number of dihydropyridines is 1. The molecule has 30 heavy (non-hydrogen) atoms. The Bertz CT molecular complexity index is 969. The van der Waals surface area contributed by atoms with Crippen molar-refractivity contribution in [2.24, 2.45) is 10.9 Å². The minimum Gasteiger partial charge on any atom is -0.325 e. The fourth-order valence-electron chi connectivity index (χ4n) is 3.30. The molecule has 1 atom stereocenters. The van der Waals surface area contributed by atoms with Crippen LogP contribution in [0.15, 0.2) is 44.2 Å². The summed E-state index contributed by atoms with van der Waals surface area (Å²) in [6.07, 6.45) is 4.47. The summed E-state index contributed by atoms with van der Waals surface area (Å²) < 4.78 is 2.34. The Morgan fingerprint density at radius 2 is 2.00 bits per heavy atom. The van der Waals surface area contributed by atoms with Gasteiger partial charge in [-0.1, -0.05) is 29.3 Å². The molecule has 1 aromatic rings. The van der Waals surface area contributed by atoms with Crippen molar-refractivity contribution in [2.45, 2.75) is 26.2 Å². The van der Waals surface area contributed by atoms with Gasteiger partial charge >= 0.3 is 11.9 Å². The molecule has 9 heteroatoms. The Balaban J connectivity index is 1.83. The lowest BCUT2D eigenvalue weighted by molar-refractivity contribution is -0.407. The van der Waals surface area contributed by atoms with Crippen LogP contribution in [0.3, 0.4) is 0 Å². The lowest BCUT2D eigenvalue weighted by Gasteiger charge is -2.28. The van der Waals surface area contributed by atoms with Crippen LogP contribution in [0, 0.1) is 5.92 Å². The lowest BCUT2D eigenvalue weighted by atomic mass is 9.96. The molecule has 0 aromatic heterocycles. The van der Waals surface area contributed by atoms with Gasteiger partial charge in [-0.3, -0.25) is 9.59 Å². The smallest absolute Gasteiger partial charge is 0.325 e. The maximum Gasteiger partial charge on any atom is 0.445 e. The molecule has 0 aliphatic carbocycles. The van der Waals surface area contributed by atoms with E-state index < -0.39 is 11.9 Å². The topological polar surface area (TPSA) is 81.9 Å². The third-order valence-electron chi connectivity index (χ3n) is 4.97. The van der Waals surface area contributed by atoms with Gasteiger partial charge in [0, 0.05) is 15.1 Å². The highest BCUT2D eigenvalue weighted by molar-refractivity contribution is 9.10. The van der Waals surface area contributed by atoms with Gasteiger partial charge in [0.05, 0.1) is 19.8 Å². The number of fused-ring (bicyclic) bond motifs is 1. The number of nitrogens with one attached hydrogen (secondary N) is 1. The van der Waals surface area contributed by atoms with E-state index in [1.165, 1.54) is 23.4 Å². The number of carbonyl (C=O) groups is 3. The Labute approximate surface area is 188 Å². The number of urea groups is 1. The van der Waals surface area contributed by atoms with Crippen LogP contribution in [-0.2, 0) is 9.59 Å². The number of allylic oxidation sites excluding steroid dienone is 1. The first-order valence-corrected chi connectivity index (χ1v) is 11.5. The number of thioether (sulfide) groups is 1. The first kappa shape index (κ1) is 22.4. The Morgan fingerprint density at radius 1 is 1.30 bits per heavy atom. The van der Waals surface area contributed by atoms with E-state index in [1.54, 1.807) is 13.3 Å². The molecule has 0 spiro atoms. The number of benzene rings is 1. The van der Waals surface area contributed by atoms with Crippen molar-refractivity contribution in [1.82, 2.24) is 4.90 Å². The summed E-state index contributed by atoms with van der Waals surface area (Å²) in [5.74, 6) is -0.545. The summed E-state index contributed by atoms with van der Waals surface area (Å²) in [5.41, 5.74) is 1.66. The predicted octanol–water partition coefficient (Wildman–Crippen LogP) is 3.90. The molecule has 2 heterocycles. The molecule has 1 aromatic carbocycles. The van der Waals surface area contributed by atoms with Crippen LogP contribution in [0.5, 0.6) is 0 Å². The Kier molecular flexibility index (Phi) is 7.25. The average molecular weight is 492 g/mol. The van der Waals surface area contributed by atoms with Crippen molar-refractivity contribution in [2.75, 3.05) is 25.2 Å². The summed E-state index contributed by atoms with van der Waals surface area (Å²) in [5, 5.41) is 2.87. The van der Waals surface area contributed by atoms with E-state index in [0.717, 1.165) is 39.1 Å². The van der Waals surface area contributed by atoms with E-state index in [1.807, 2.05) is 24.3 Å². The van der Waals surface area contributed by atoms with E-state index >= 15 is 0 Å². The second-order valence-corrected chi connectivity index (χ2v) is 9.06. The molecule has 1 N–H and O–H groups in total. The van der Waals surface area contributed by atoms with Crippen molar-refractivity contribution in [3.8, 4) is 0 Å². The number of anilines is 1. The summed E-state index contributed by atoms with van der Waals surface area (Å²) in [7, 11) is 3.09. The summed E-state index contributed by atoms with van der Waals surface area (Å²) in [4.78, 5) is 44.1. The van der Waals surface area contributed by atoms with Gasteiger partial charge in [-0.15, -0.1) is 16.8 Å². The largest absolute Gasteiger partial charge is 0.445 e. The van der Waals surface area contributed by atoms with E-state index in [4.69, 9.17) is 0 Å². The highest BCUT2D eigenvalue weighted by Gasteiger charge is 2.48. The van der Waals surface area contributed by atoms with Crippen LogP contribution < -0.4 is 5.32 Å². The zero-order valence-corrected chi connectivity index (χ0v) is 19.5. The SMILES string of the molecule is CCCCC1=C(SCC(=O)Nc2ccc(Br)cc2)C2C(=O)N(C)C(=O)[N+](C)=C2N=C1. The number of carbonyl (C=O) groups excluding carboxylic acids is 3. The third kappa shape index (κ3) is 4.73. The molecule has 158 valence electrons. The van der Waals surface area contributed by atoms with Crippen LogP contribution in [0.2, 0.25) is 0 Å². The number of unbranched alkanes of at least 4 members (excludes halogenated alkanes) is 1. The molecule has 1 unspecified atom stereocenters. The van der Waals surface area contributed by atoms with Crippen molar-refractivity contribution >= 4 is 63.3 Å². The third-order valence-corrected chi connectivity index (χ3v) is 6.72. The number of amidine groups is 1. The summed E-state index contributed by atoms with van der Waals surface area (Å²) >= 11 is 4.71. The van der Waals surface area contributed by atoms with Gasteiger partial charge in [0.1, 0.15) is 6.21 Å². The van der Waals surface area contributed by atoms with E-state index in [2.05, 4.69) is 33.2 Å². The fourth-order valence-corrected chi connectivity index (χ4v) is 4.64. The van der Waals surface area contributed by atoms with Crippen LogP contribution in [0.4, 0.5) is 10.5 Å². The molecule has 4 amide bonds. The number of halogens is 1. The molecule has 3 rings (SSSR count). The maximum absolute atomic E-state index is 12.9. The van der Waals surface area contributed by atoms with Crippen molar-refractivity contribution < 1.29 is 19.0 Å². The molecule has 2 aliphatic heterocycles. The first-order chi connectivity index (χ1) is 14.3. The molecule has 2 aliphatic rings. The molecular formula is C21H24BrN4O3S+. The van der Waals surface area contributed by atoms with E-state index in [-0.39, 0.29) is 17.6 Å². The Morgan fingerprint density at radius 3 is 2.67 bits per heavy atom. The normalized spacial score (nSPS) is 18.8. The van der Waals surface area contributed by atoms with Crippen molar-refractivity contribution in [3.63, 3.8) is 0 Å². The molecule has 0 saturated heterocycles. The van der Waals surface area contributed by atoms with Gasteiger partial charge in [-0.05, 0) is 42.7 Å². The van der Waals surface area contributed by atoms with Crippen LogP contribution in [0.25, 0.3) is 0 Å². The molecule has 0 saturated carbocycles. The second kappa shape index (κ2) is 9.70. The van der Waals surface area contributed by atoms with E-state index in [9.17, 15) is 14.4 Å². The number of nitrogens with zero attached hydrogens (tertiary/aromatic N) is 3. The molecule has 7 nitrogen and oxygen atoms in total. The second-order valence-electron chi connectivity index (χ2n) is 7.13. The van der Waals surface area contributed by atoms with Crippen LogP contribution in [0.1, 0.15) is 26.2 Å². The number of amides is 4. The minimum absolute atomic E-state index is 0.158. The van der Waals surface area contributed by atoms with Crippen molar-refractivity contribution in [3.05, 3.63) is 39.2 Å². The summed E-state index contributed by atoms with van der Waals surface area (Å²) in [6.45, 7) is 2.10. The maximum atomic E-state index is 12.9. The minimum atomic E-state index is -0.653. The van der Waals surface area contributed by atoms with Gasteiger partial charge in [-0.25, -0.2) is 4.79 Å². The highest BCUT2D eigenvalue weighted by atomic mass is 79.9.